The van der Waals surface area contributed by atoms with Gasteiger partial charge in [0.15, 0.2) is 0 Å². The summed E-state index contributed by atoms with van der Waals surface area (Å²) in [6, 6.07) is 9.43. The van der Waals surface area contributed by atoms with Crippen LogP contribution >= 0.6 is 11.6 Å². The highest BCUT2D eigenvalue weighted by molar-refractivity contribution is 6.34. The molecule has 8 nitrogen and oxygen atoms in total. The molecule has 220 valence electrons. The van der Waals surface area contributed by atoms with Crippen LogP contribution in [0.5, 0.6) is 5.75 Å². The number of halogens is 1. The van der Waals surface area contributed by atoms with Gasteiger partial charge in [0.05, 0.1) is 10.7 Å². The second-order valence-corrected chi connectivity index (χ2v) is 12.5. The third-order valence-electron chi connectivity index (χ3n) is 6.64. The van der Waals surface area contributed by atoms with Crippen LogP contribution in [0.2, 0.25) is 5.02 Å². The molecule has 0 aromatic heterocycles. The Balaban J connectivity index is 2.67. The quantitative estimate of drug-likeness (QED) is 0.284. The van der Waals surface area contributed by atoms with Crippen molar-refractivity contribution in [2.24, 2.45) is 5.92 Å². The fourth-order valence-electron chi connectivity index (χ4n) is 4.31. The molecule has 0 saturated carbocycles. The molecule has 2 unspecified atom stereocenters. The molecular formula is C31H44ClN3O5. The fraction of sp³-hybridized carbons (Fsp3) is 0.516. The van der Waals surface area contributed by atoms with Crippen molar-refractivity contribution in [3.63, 3.8) is 0 Å². The number of phenols is 1. The van der Waals surface area contributed by atoms with E-state index in [2.05, 4.69) is 10.6 Å². The maximum absolute atomic E-state index is 14.5. The Morgan fingerprint density at radius 3 is 2.12 bits per heavy atom. The number of nitrogens with zero attached hydrogens (tertiary/aromatic N) is 1. The van der Waals surface area contributed by atoms with Crippen molar-refractivity contribution in [2.45, 2.75) is 98.4 Å². The molecule has 2 rings (SSSR count). The average Bonchev–Trinajstić information content (AvgIpc) is 2.83. The lowest BCUT2D eigenvalue weighted by molar-refractivity contribution is -0.148. The van der Waals surface area contributed by atoms with Gasteiger partial charge in [-0.1, -0.05) is 56.6 Å². The summed E-state index contributed by atoms with van der Waals surface area (Å²) in [5.41, 5.74) is 0.152. The minimum Gasteiger partial charge on any atom is -0.508 e. The minimum absolute atomic E-state index is 0.0294. The van der Waals surface area contributed by atoms with E-state index in [1.807, 2.05) is 47.6 Å². The van der Waals surface area contributed by atoms with Crippen molar-refractivity contribution >= 4 is 35.2 Å². The van der Waals surface area contributed by atoms with Gasteiger partial charge >= 0.3 is 6.09 Å². The van der Waals surface area contributed by atoms with E-state index < -0.39 is 41.1 Å². The Labute approximate surface area is 243 Å². The first-order valence-electron chi connectivity index (χ1n) is 13.6. The molecule has 2 atom stereocenters. The number of hydrogen-bond acceptors (Lipinski definition) is 5. The largest absolute Gasteiger partial charge is 0.508 e. The smallest absolute Gasteiger partial charge is 0.408 e. The summed E-state index contributed by atoms with van der Waals surface area (Å²) in [7, 11) is 0. The van der Waals surface area contributed by atoms with E-state index in [1.165, 1.54) is 17.0 Å². The van der Waals surface area contributed by atoms with Crippen LogP contribution in [0.4, 0.5) is 10.5 Å². The first-order valence-corrected chi connectivity index (χ1v) is 14.0. The molecule has 0 radical (unpaired) electrons. The lowest BCUT2D eigenvalue weighted by atomic mass is 9.90. The van der Waals surface area contributed by atoms with E-state index in [4.69, 9.17) is 16.3 Å². The molecule has 0 aliphatic heterocycles. The van der Waals surface area contributed by atoms with Gasteiger partial charge in [-0.2, -0.15) is 0 Å². The van der Waals surface area contributed by atoms with Gasteiger partial charge in [0.1, 0.15) is 23.4 Å². The molecule has 9 heteroatoms. The molecule has 0 aliphatic rings. The highest BCUT2D eigenvalue weighted by Crippen LogP contribution is 2.35. The predicted octanol–water partition coefficient (Wildman–Crippen LogP) is 6.99. The molecular weight excluding hydrogens is 530 g/mol. The van der Waals surface area contributed by atoms with Gasteiger partial charge in [-0.3, -0.25) is 9.59 Å². The van der Waals surface area contributed by atoms with Crippen molar-refractivity contribution in [3.8, 4) is 5.75 Å². The zero-order chi connectivity index (χ0) is 30.4. The van der Waals surface area contributed by atoms with Crippen molar-refractivity contribution in [1.82, 2.24) is 10.2 Å². The van der Waals surface area contributed by atoms with E-state index in [1.54, 1.807) is 45.0 Å². The molecule has 3 amide bonds. The summed E-state index contributed by atoms with van der Waals surface area (Å²) < 4.78 is 5.46. The number of amides is 3. The third kappa shape index (κ3) is 8.88. The van der Waals surface area contributed by atoms with Gasteiger partial charge in [-0.15, -0.1) is 0 Å². The van der Waals surface area contributed by atoms with Gasteiger partial charge in [-0.05, 0) is 89.6 Å². The Kier molecular flexibility index (Phi) is 11.0. The van der Waals surface area contributed by atoms with Gasteiger partial charge in [0, 0.05) is 5.54 Å². The Morgan fingerprint density at radius 2 is 1.62 bits per heavy atom. The highest BCUT2D eigenvalue weighted by atomic mass is 35.5. The zero-order valence-electron chi connectivity index (χ0n) is 25.1. The summed E-state index contributed by atoms with van der Waals surface area (Å²) in [4.78, 5) is 42.9. The molecule has 0 aliphatic carbocycles. The molecule has 40 heavy (non-hydrogen) atoms. The van der Waals surface area contributed by atoms with E-state index in [0.29, 0.717) is 29.1 Å². The second-order valence-electron chi connectivity index (χ2n) is 12.1. The first-order chi connectivity index (χ1) is 18.5. The average molecular weight is 574 g/mol. The Hall–Kier alpha value is -3.26. The molecule has 0 bridgehead atoms. The van der Waals surface area contributed by atoms with Crippen molar-refractivity contribution in [2.75, 3.05) is 5.32 Å². The molecule has 0 spiro atoms. The van der Waals surface area contributed by atoms with E-state index >= 15 is 0 Å². The molecule has 0 saturated heterocycles. The van der Waals surface area contributed by atoms with Crippen LogP contribution in [-0.4, -0.2) is 45.1 Å². The fourth-order valence-corrected chi connectivity index (χ4v) is 4.58. The number of carbonyl (C=O) groups excluding carboxylic acids is 3. The van der Waals surface area contributed by atoms with E-state index in [0.717, 1.165) is 5.56 Å². The molecule has 2 aromatic carbocycles. The number of alkyl carbamates (subject to hydrolysis) is 1. The summed E-state index contributed by atoms with van der Waals surface area (Å²) in [6.07, 6.45) is 0.146. The maximum atomic E-state index is 14.5. The third-order valence-corrected chi connectivity index (χ3v) is 6.95. The first kappa shape index (κ1) is 32.9. The van der Waals surface area contributed by atoms with Crippen LogP contribution < -0.4 is 10.6 Å². The summed E-state index contributed by atoms with van der Waals surface area (Å²) >= 11 is 6.43. The van der Waals surface area contributed by atoms with Crippen LogP contribution in [0.3, 0.4) is 0 Å². The Bertz CT molecular complexity index is 1170. The van der Waals surface area contributed by atoms with Crippen LogP contribution in [0.15, 0.2) is 42.5 Å². The van der Waals surface area contributed by atoms with Crippen LogP contribution in [0, 0.1) is 12.8 Å². The minimum atomic E-state index is -1.10. The zero-order valence-corrected chi connectivity index (χ0v) is 25.8. The topological polar surface area (TPSA) is 108 Å². The van der Waals surface area contributed by atoms with Crippen molar-refractivity contribution in [1.29, 1.82) is 0 Å². The summed E-state index contributed by atoms with van der Waals surface area (Å²) in [5.74, 6) is -0.809. The lowest BCUT2D eigenvalue weighted by Crippen LogP contribution is -2.59. The number of aromatic hydroxyl groups is 1. The monoisotopic (exact) mass is 573 g/mol. The number of benzene rings is 2. The molecule has 2 aromatic rings. The lowest BCUT2D eigenvalue weighted by Gasteiger charge is -2.45. The Morgan fingerprint density at radius 1 is 1.02 bits per heavy atom. The number of rotatable bonds is 10. The maximum Gasteiger partial charge on any atom is 0.408 e. The summed E-state index contributed by atoms with van der Waals surface area (Å²) in [6.45, 7) is 16.7. The van der Waals surface area contributed by atoms with Crippen molar-refractivity contribution < 1.29 is 24.2 Å². The van der Waals surface area contributed by atoms with Crippen molar-refractivity contribution in [3.05, 3.63) is 58.6 Å². The van der Waals surface area contributed by atoms with Crippen LogP contribution in [0.25, 0.3) is 0 Å². The second kappa shape index (κ2) is 13.4. The normalized spacial score (nSPS) is 13.4. The number of anilines is 1. The molecule has 0 fully saturated rings. The number of nitrogens with one attached hydrogen (secondary N) is 2. The van der Waals surface area contributed by atoms with Gasteiger partial charge in [-0.25, -0.2) is 4.79 Å². The van der Waals surface area contributed by atoms with Gasteiger partial charge < -0.3 is 25.4 Å². The number of hydrogen-bond donors (Lipinski definition) is 3. The van der Waals surface area contributed by atoms with E-state index in [9.17, 15) is 19.5 Å². The standard InChI is InChI=1S/C31H44ClN3O5/c1-10-31(8,9)35(28(38)24(18-19(2)3)33-29(39)40-30(5,6)7)26(21-14-16-22(36)17-15-21)27(37)34-25-20(4)12-11-13-23(25)32/h11-17,19,24,26,36H,10,18H2,1-9H3,(H,33,39)(H,34,37). The molecule has 3 N–H and O–H groups in total. The predicted molar refractivity (Wildman–Crippen MR) is 159 cm³/mol. The molecule has 0 heterocycles. The van der Waals surface area contributed by atoms with Crippen LogP contribution in [-0.2, 0) is 14.3 Å². The number of carbonyl (C=O) groups is 3. The number of aryl methyl sites for hydroxylation is 1. The highest BCUT2D eigenvalue weighted by Gasteiger charge is 2.43. The van der Waals surface area contributed by atoms with Crippen LogP contribution in [0.1, 0.15) is 85.4 Å². The summed E-state index contributed by atoms with van der Waals surface area (Å²) in [5, 5.41) is 16.0. The van der Waals surface area contributed by atoms with Gasteiger partial charge in [0.2, 0.25) is 5.91 Å². The van der Waals surface area contributed by atoms with E-state index in [-0.39, 0.29) is 11.7 Å². The number of phenolic OH excluding ortho intramolecular Hbond substituents is 1. The number of ether oxygens (including phenoxy) is 1. The van der Waals surface area contributed by atoms with Gasteiger partial charge in [0.25, 0.3) is 5.91 Å². The number of para-hydroxylation sites is 1. The SMILES string of the molecule is CCC(C)(C)N(C(=O)C(CC(C)C)NC(=O)OC(C)(C)C)C(C(=O)Nc1c(C)cccc1Cl)c1ccc(O)cc1.